The van der Waals surface area contributed by atoms with Crippen LogP contribution in [0, 0.1) is 0 Å². The average molecular weight is 381 g/mol. The maximum Gasteiger partial charge on any atom is 0.337 e. The van der Waals surface area contributed by atoms with Crippen molar-refractivity contribution in [1.82, 2.24) is 5.32 Å². The third kappa shape index (κ3) is 3.99. The Morgan fingerprint density at radius 3 is 2.64 bits per heavy atom. The maximum absolute atomic E-state index is 12.2. The smallest absolute Gasteiger partial charge is 0.337 e. The Labute approximate surface area is 162 Å². The van der Waals surface area contributed by atoms with Crippen LogP contribution in [0.4, 0.5) is 10.5 Å². The first-order valence-electron chi connectivity index (χ1n) is 9.00. The van der Waals surface area contributed by atoms with E-state index in [2.05, 4.69) is 10.6 Å². The highest BCUT2D eigenvalue weighted by Gasteiger charge is 2.23. The molecule has 0 bridgehead atoms. The van der Waals surface area contributed by atoms with Crippen molar-refractivity contribution in [3.63, 3.8) is 0 Å². The second-order valence-electron chi connectivity index (χ2n) is 6.87. The number of benzene rings is 2. The Hall–Kier alpha value is -3.32. The Bertz CT molecular complexity index is 1020. The van der Waals surface area contributed by atoms with Gasteiger partial charge in [-0.05, 0) is 31.5 Å². The molecule has 0 aliphatic rings. The first-order valence-corrected chi connectivity index (χ1v) is 9.00. The zero-order chi connectivity index (χ0) is 20.3. The number of carboxylic acids is 1. The summed E-state index contributed by atoms with van der Waals surface area (Å²) in [5.74, 6) is -0.530. The van der Waals surface area contributed by atoms with E-state index >= 15 is 0 Å². The number of furan rings is 1. The average Bonchev–Trinajstić information content (AvgIpc) is 3.09. The lowest BCUT2D eigenvalue weighted by Gasteiger charge is -2.23. The molecule has 2 amide bonds. The largest absolute Gasteiger partial charge is 0.478 e. The van der Waals surface area contributed by atoms with Crippen molar-refractivity contribution in [3.8, 4) is 0 Å². The minimum absolute atomic E-state index is 0.0211. The molecule has 3 rings (SSSR count). The molecule has 28 heavy (non-hydrogen) atoms. The van der Waals surface area contributed by atoms with Crippen molar-refractivity contribution in [2.24, 2.45) is 5.73 Å². The van der Waals surface area contributed by atoms with E-state index in [0.29, 0.717) is 11.3 Å². The number of aromatic carboxylic acids is 1. The lowest BCUT2D eigenvalue weighted by atomic mass is 9.89. The topological polar surface area (TPSA) is 118 Å². The minimum atomic E-state index is -1.11. The van der Waals surface area contributed by atoms with Crippen molar-refractivity contribution in [3.05, 3.63) is 65.4 Å². The Morgan fingerprint density at radius 2 is 1.93 bits per heavy atom. The monoisotopic (exact) mass is 381 g/mol. The molecule has 2 aromatic carbocycles. The van der Waals surface area contributed by atoms with Gasteiger partial charge >= 0.3 is 12.0 Å². The van der Waals surface area contributed by atoms with Crippen LogP contribution in [0.25, 0.3) is 11.0 Å². The molecule has 7 nitrogen and oxygen atoms in total. The zero-order valence-electron chi connectivity index (χ0n) is 15.8. The van der Waals surface area contributed by atoms with Crippen LogP contribution in [0.1, 0.15) is 41.9 Å². The van der Waals surface area contributed by atoms with Crippen LogP contribution in [-0.4, -0.2) is 17.1 Å². The molecule has 0 saturated carbocycles. The molecule has 5 N–H and O–H groups in total. The summed E-state index contributed by atoms with van der Waals surface area (Å²) in [6.07, 6.45) is 0.756. The third-order valence-electron chi connectivity index (χ3n) is 4.77. The SMILES string of the molecule is CCC(C)(N)c1cccc2cc(CNC(=O)Nc3ccccc3C(=O)O)oc12. The molecule has 0 radical (unpaired) electrons. The van der Waals surface area contributed by atoms with Gasteiger partial charge in [-0.2, -0.15) is 0 Å². The number of urea groups is 1. The van der Waals surface area contributed by atoms with Crippen LogP contribution in [0.3, 0.4) is 0 Å². The summed E-state index contributed by atoms with van der Waals surface area (Å²) in [6, 6.07) is 13.4. The predicted octanol–water partition coefficient (Wildman–Crippen LogP) is 4.04. The number of carboxylic acid groups (broad SMARTS) is 1. The van der Waals surface area contributed by atoms with Gasteiger partial charge in [-0.1, -0.05) is 37.3 Å². The van der Waals surface area contributed by atoms with Crippen molar-refractivity contribution in [1.29, 1.82) is 0 Å². The van der Waals surface area contributed by atoms with Gasteiger partial charge in [0.25, 0.3) is 0 Å². The molecule has 146 valence electrons. The van der Waals surface area contributed by atoms with Gasteiger partial charge in [0.1, 0.15) is 11.3 Å². The minimum Gasteiger partial charge on any atom is -0.478 e. The highest BCUT2D eigenvalue weighted by Crippen LogP contribution is 2.31. The normalized spacial score (nSPS) is 13.1. The van der Waals surface area contributed by atoms with Crippen molar-refractivity contribution in [2.75, 3.05) is 5.32 Å². The van der Waals surface area contributed by atoms with Gasteiger partial charge in [0, 0.05) is 16.5 Å². The van der Waals surface area contributed by atoms with Gasteiger partial charge in [0.2, 0.25) is 0 Å². The van der Waals surface area contributed by atoms with E-state index in [9.17, 15) is 14.7 Å². The van der Waals surface area contributed by atoms with E-state index in [-0.39, 0.29) is 17.8 Å². The molecule has 0 fully saturated rings. The summed E-state index contributed by atoms with van der Waals surface area (Å²) < 4.78 is 5.93. The summed E-state index contributed by atoms with van der Waals surface area (Å²) >= 11 is 0. The molecule has 0 aliphatic carbocycles. The quantitative estimate of drug-likeness (QED) is 0.514. The maximum atomic E-state index is 12.2. The molecule has 0 spiro atoms. The summed E-state index contributed by atoms with van der Waals surface area (Å²) in [5, 5.41) is 15.3. The fraction of sp³-hybridized carbons (Fsp3) is 0.238. The van der Waals surface area contributed by atoms with Crippen LogP contribution < -0.4 is 16.4 Å². The lowest BCUT2D eigenvalue weighted by molar-refractivity contribution is 0.0698. The number of rotatable bonds is 6. The molecule has 1 aromatic heterocycles. The van der Waals surface area contributed by atoms with E-state index < -0.39 is 17.5 Å². The third-order valence-corrected chi connectivity index (χ3v) is 4.77. The fourth-order valence-corrected chi connectivity index (χ4v) is 2.96. The molecule has 1 heterocycles. The highest BCUT2D eigenvalue weighted by molar-refractivity contribution is 5.99. The van der Waals surface area contributed by atoms with E-state index in [1.54, 1.807) is 12.1 Å². The van der Waals surface area contributed by atoms with E-state index in [0.717, 1.165) is 17.4 Å². The van der Waals surface area contributed by atoms with Crippen LogP contribution >= 0.6 is 0 Å². The van der Waals surface area contributed by atoms with Crippen LogP contribution in [0.15, 0.2) is 52.9 Å². The Kier molecular flexibility index (Phi) is 5.37. The Morgan fingerprint density at radius 1 is 1.18 bits per heavy atom. The van der Waals surface area contributed by atoms with Gasteiger partial charge in [-0.25, -0.2) is 9.59 Å². The molecule has 3 aromatic rings. The van der Waals surface area contributed by atoms with E-state index in [1.165, 1.54) is 12.1 Å². The molecule has 1 unspecified atom stereocenters. The number of hydrogen-bond acceptors (Lipinski definition) is 4. The van der Waals surface area contributed by atoms with Crippen LogP contribution in [0.2, 0.25) is 0 Å². The number of carbonyl (C=O) groups is 2. The first kappa shape index (κ1) is 19.4. The zero-order valence-corrected chi connectivity index (χ0v) is 15.8. The fourth-order valence-electron chi connectivity index (χ4n) is 2.96. The molecular formula is C21H23N3O4. The molecule has 0 saturated heterocycles. The number of fused-ring (bicyclic) bond motifs is 1. The van der Waals surface area contributed by atoms with Gasteiger partial charge in [-0.3, -0.25) is 0 Å². The van der Waals surface area contributed by atoms with Crippen LogP contribution in [0.5, 0.6) is 0 Å². The van der Waals surface area contributed by atoms with Crippen molar-refractivity contribution >= 4 is 28.7 Å². The standard InChI is InChI=1S/C21H23N3O4/c1-3-21(2,22)16-9-6-7-13-11-14(28-18(13)16)12-23-20(27)24-17-10-5-4-8-15(17)19(25)26/h4-11H,3,12,22H2,1-2H3,(H,25,26)(H2,23,24,27). The first-order chi connectivity index (χ1) is 13.3. The van der Waals surface area contributed by atoms with Gasteiger partial charge in [0.15, 0.2) is 0 Å². The summed E-state index contributed by atoms with van der Waals surface area (Å²) in [6.45, 7) is 4.13. The van der Waals surface area contributed by atoms with E-state index in [4.69, 9.17) is 10.2 Å². The number of hydrogen-bond donors (Lipinski definition) is 4. The predicted molar refractivity (Wildman–Crippen MR) is 107 cm³/mol. The van der Waals surface area contributed by atoms with Crippen molar-refractivity contribution in [2.45, 2.75) is 32.4 Å². The lowest BCUT2D eigenvalue weighted by Crippen LogP contribution is -2.32. The van der Waals surface area contributed by atoms with Crippen molar-refractivity contribution < 1.29 is 19.1 Å². The number of carbonyl (C=O) groups excluding carboxylic acids is 1. The number of nitrogens with one attached hydrogen (secondary N) is 2. The summed E-state index contributed by atoms with van der Waals surface area (Å²) in [4.78, 5) is 23.4. The van der Waals surface area contributed by atoms with Gasteiger partial charge in [-0.15, -0.1) is 0 Å². The molecule has 0 aliphatic heterocycles. The van der Waals surface area contributed by atoms with Gasteiger partial charge < -0.3 is 25.9 Å². The highest BCUT2D eigenvalue weighted by atomic mass is 16.4. The summed E-state index contributed by atoms with van der Waals surface area (Å²) in [7, 11) is 0. The molecule has 7 heteroatoms. The number of para-hydroxylation sites is 2. The second-order valence-corrected chi connectivity index (χ2v) is 6.87. The van der Waals surface area contributed by atoms with Gasteiger partial charge in [0.05, 0.1) is 17.8 Å². The Balaban J connectivity index is 1.73. The molecular weight excluding hydrogens is 358 g/mol. The number of nitrogens with two attached hydrogens (primary N) is 1. The summed E-state index contributed by atoms with van der Waals surface area (Å²) in [5.41, 5.74) is 7.73. The van der Waals surface area contributed by atoms with E-state index in [1.807, 2.05) is 38.1 Å². The van der Waals surface area contributed by atoms with Crippen LogP contribution in [-0.2, 0) is 12.1 Å². The molecule has 1 atom stereocenters. The number of amides is 2. The number of anilines is 1. The second kappa shape index (κ2) is 7.74.